The number of carboxylic acid groups (broad SMARTS) is 1. The van der Waals surface area contributed by atoms with Crippen molar-refractivity contribution in [1.29, 1.82) is 0 Å². The zero-order valence-electron chi connectivity index (χ0n) is 8.90. The third kappa shape index (κ3) is 3.51. The maximum Gasteiger partial charge on any atom is 0.336 e. The molecular weight excluding hydrogens is 226 g/mol. The smallest absolute Gasteiger partial charge is 0.336 e. The Morgan fingerprint density at radius 1 is 1.50 bits per heavy atom. The first-order valence-corrected chi connectivity index (χ1v) is 5.27. The monoisotopic (exact) mass is 239 g/mol. The summed E-state index contributed by atoms with van der Waals surface area (Å²) in [6, 6.07) is 6.77. The summed E-state index contributed by atoms with van der Waals surface area (Å²) in [5, 5.41) is 12.1. The van der Waals surface area contributed by atoms with Crippen molar-refractivity contribution in [3.63, 3.8) is 0 Å². The van der Waals surface area contributed by atoms with E-state index in [0.717, 1.165) is 0 Å². The van der Waals surface area contributed by atoms with Crippen molar-refractivity contribution in [1.82, 2.24) is 5.32 Å². The maximum absolute atomic E-state index is 10.9. The average molecular weight is 239 g/mol. The predicted octanol–water partition coefficient (Wildman–Crippen LogP) is 1.80. The fraction of sp³-hybridized carbons (Fsp3) is 0.273. The third-order valence-corrected chi connectivity index (χ3v) is 2.21. The summed E-state index contributed by atoms with van der Waals surface area (Å²) < 4.78 is 5.04. The number of carbonyl (C=O) groups is 1. The number of nitrogens with one attached hydrogen (secondary N) is 1. The minimum absolute atomic E-state index is 0.272. The van der Waals surface area contributed by atoms with Crippen LogP contribution in [0.4, 0.5) is 0 Å². The lowest BCUT2D eigenvalue weighted by Gasteiger charge is -2.09. The van der Waals surface area contributed by atoms with E-state index in [1.807, 2.05) is 6.92 Å². The number of ether oxygens (including phenoxy) is 1. The summed E-state index contributed by atoms with van der Waals surface area (Å²) in [4.78, 5) is 10.9. The highest BCUT2D eigenvalue weighted by Gasteiger charge is 2.08. The Bertz CT molecular complexity index is 393. The Labute approximate surface area is 99.2 Å². The van der Waals surface area contributed by atoms with Gasteiger partial charge in [0.15, 0.2) is 0 Å². The van der Waals surface area contributed by atoms with Crippen LogP contribution >= 0.6 is 12.2 Å². The Morgan fingerprint density at radius 2 is 2.19 bits per heavy atom. The van der Waals surface area contributed by atoms with Crippen LogP contribution in [0.2, 0.25) is 0 Å². The highest BCUT2D eigenvalue weighted by molar-refractivity contribution is 7.80. The van der Waals surface area contributed by atoms with Gasteiger partial charge < -0.3 is 15.2 Å². The van der Waals surface area contributed by atoms with Gasteiger partial charge in [0.25, 0.3) is 5.17 Å². The van der Waals surface area contributed by atoms with Gasteiger partial charge in [-0.15, -0.1) is 0 Å². The first kappa shape index (κ1) is 12.4. The molecule has 1 rings (SSSR count). The number of benzene rings is 1. The van der Waals surface area contributed by atoms with E-state index in [-0.39, 0.29) is 10.7 Å². The molecule has 86 valence electrons. The Hall–Kier alpha value is -1.62. The van der Waals surface area contributed by atoms with E-state index in [4.69, 9.17) is 22.1 Å². The van der Waals surface area contributed by atoms with Gasteiger partial charge in [-0.05, 0) is 30.8 Å². The van der Waals surface area contributed by atoms with Crippen LogP contribution in [0.1, 0.15) is 22.8 Å². The molecule has 0 saturated carbocycles. The molecule has 0 atom stereocenters. The third-order valence-electron chi connectivity index (χ3n) is 1.95. The van der Waals surface area contributed by atoms with Crippen LogP contribution in [0.15, 0.2) is 24.3 Å². The largest absolute Gasteiger partial charge is 0.478 e. The molecule has 0 aliphatic rings. The topological polar surface area (TPSA) is 58.6 Å². The van der Waals surface area contributed by atoms with E-state index >= 15 is 0 Å². The summed E-state index contributed by atoms with van der Waals surface area (Å²) in [6.07, 6.45) is 0. The van der Waals surface area contributed by atoms with E-state index < -0.39 is 5.97 Å². The van der Waals surface area contributed by atoms with Crippen LogP contribution < -0.4 is 5.32 Å². The highest BCUT2D eigenvalue weighted by Crippen LogP contribution is 2.08. The Morgan fingerprint density at radius 3 is 2.81 bits per heavy atom. The van der Waals surface area contributed by atoms with Gasteiger partial charge in [-0.3, -0.25) is 0 Å². The van der Waals surface area contributed by atoms with Crippen molar-refractivity contribution >= 4 is 23.4 Å². The van der Waals surface area contributed by atoms with Gasteiger partial charge in [0.1, 0.15) is 0 Å². The Kier molecular flexibility index (Phi) is 4.72. The quantitative estimate of drug-likeness (QED) is 0.785. The van der Waals surface area contributed by atoms with Crippen LogP contribution in [-0.2, 0) is 11.3 Å². The van der Waals surface area contributed by atoms with Crippen molar-refractivity contribution in [3.8, 4) is 0 Å². The molecule has 2 N–H and O–H groups in total. The summed E-state index contributed by atoms with van der Waals surface area (Å²) in [5.41, 5.74) is 0.950. The van der Waals surface area contributed by atoms with Crippen LogP contribution in [0.5, 0.6) is 0 Å². The lowest BCUT2D eigenvalue weighted by molar-refractivity contribution is 0.0695. The first-order valence-electron chi connectivity index (χ1n) is 4.87. The van der Waals surface area contributed by atoms with Gasteiger partial charge in [-0.1, -0.05) is 18.2 Å². The first-order chi connectivity index (χ1) is 7.65. The van der Waals surface area contributed by atoms with Crippen LogP contribution in [-0.4, -0.2) is 22.9 Å². The highest BCUT2D eigenvalue weighted by atomic mass is 32.1. The molecule has 0 unspecified atom stereocenters. The average Bonchev–Trinajstić information content (AvgIpc) is 2.27. The molecule has 0 spiro atoms. The lowest BCUT2D eigenvalue weighted by atomic mass is 10.1. The maximum atomic E-state index is 10.9. The van der Waals surface area contributed by atoms with Crippen molar-refractivity contribution < 1.29 is 14.6 Å². The molecule has 0 bridgehead atoms. The van der Waals surface area contributed by atoms with E-state index in [9.17, 15) is 4.79 Å². The van der Waals surface area contributed by atoms with Crippen molar-refractivity contribution in [3.05, 3.63) is 35.4 Å². The lowest BCUT2D eigenvalue weighted by Crippen LogP contribution is -2.24. The van der Waals surface area contributed by atoms with Gasteiger partial charge in [0.05, 0.1) is 12.2 Å². The van der Waals surface area contributed by atoms with Crippen molar-refractivity contribution in [2.75, 3.05) is 6.61 Å². The minimum atomic E-state index is -0.945. The number of rotatable bonds is 4. The fourth-order valence-corrected chi connectivity index (χ4v) is 1.42. The van der Waals surface area contributed by atoms with Crippen LogP contribution in [0.25, 0.3) is 0 Å². The molecule has 0 saturated heterocycles. The van der Waals surface area contributed by atoms with Gasteiger partial charge in [0, 0.05) is 6.54 Å². The number of aromatic carboxylic acids is 1. The fourth-order valence-electron chi connectivity index (χ4n) is 1.23. The van der Waals surface area contributed by atoms with E-state index in [0.29, 0.717) is 18.7 Å². The van der Waals surface area contributed by atoms with Gasteiger partial charge in [-0.25, -0.2) is 4.79 Å². The number of thiocarbonyl (C=S) groups is 1. The molecule has 4 nitrogen and oxygen atoms in total. The summed E-state index contributed by atoms with van der Waals surface area (Å²) >= 11 is 4.88. The molecule has 5 heteroatoms. The van der Waals surface area contributed by atoms with Crippen LogP contribution in [0.3, 0.4) is 0 Å². The number of hydrogen-bond acceptors (Lipinski definition) is 3. The molecule has 0 aliphatic carbocycles. The molecule has 1 aromatic rings. The van der Waals surface area contributed by atoms with Crippen molar-refractivity contribution in [2.45, 2.75) is 13.5 Å². The van der Waals surface area contributed by atoms with Gasteiger partial charge >= 0.3 is 5.97 Å². The molecule has 0 amide bonds. The summed E-state index contributed by atoms with van der Waals surface area (Å²) in [6.45, 7) is 2.67. The number of carboxylic acids is 1. The molecule has 0 aromatic heterocycles. The normalized spacial score (nSPS) is 9.56. The molecular formula is C11H13NO3S. The van der Waals surface area contributed by atoms with Crippen molar-refractivity contribution in [2.24, 2.45) is 0 Å². The SMILES string of the molecule is CCOC(=S)NCc1ccccc1C(=O)O. The Balaban J connectivity index is 2.66. The van der Waals surface area contributed by atoms with E-state index in [1.165, 1.54) is 0 Å². The zero-order valence-corrected chi connectivity index (χ0v) is 9.71. The van der Waals surface area contributed by atoms with Gasteiger partial charge in [0.2, 0.25) is 0 Å². The molecule has 0 heterocycles. The van der Waals surface area contributed by atoms with Gasteiger partial charge in [-0.2, -0.15) is 0 Å². The summed E-state index contributed by atoms with van der Waals surface area (Å²) in [5.74, 6) is -0.945. The second-order valence-electron chi connectivity index (χ2n) is 3.04. The van der Waals surface area contributed by atoms with E-state index in [2.05, 4.69) is 5.32 Å². The van der Waals surface area contributed by atoms with Crippen LogP contribution in [0, 0.1) is 0 Å². The second-order valence-corrected chi connectivity index (χ2v) is 3.41. The second kappa shape index (κ2) is 6.07. The molecule has 16 heavy (non-hydrogen) atoms. The predicted molar refractivity (Wildman–Crippen MR) is 64.5 cm³/mol. The van der Waals surface area contributed by atoms with E-state index in [1.54, 1.807) is 24.3 Å². The minimum Gasteiger partial charge on any atom is -0.478 e. The molecule has 0 aliphatic heterocycles. The molecule has 0 fully saturated rings. The molecule has 0 radical (unpaired) electrons. The molecule has 1 aromatic carbocycles. The summed E-state index contributed by atoms with van der Waals surface area (Å²) in [7, 11) is 0. The standard InChI is InChI=1S/C11H13NO3S/c1-2-15-11(16)12-7-8-5-3-4-6-9(8)10(13)14/h3-6H,2,7H2,1H3,(H,12,16)(H,13,14). The zero-order chi connectivity index (χ0) is 12.0. The number of hydrogen-bond donors (Lipinski definition) is 2.